The lowest BCUT2D eigenvalue weighted by Crippen LogP contribution is -2.17. The lowest BCUT2D eigenvalue weighted by molar-refractivity contribution is -0.274. The van der Waals surface area contributed by atoms with E-state index in [9.17, 15) is 18.3 Å². The van der Waals surface area contributed by atoms with Crippen molar-refractivity contribution in [1.82, 2.24) is 0 Å². The van der Waals surface area contributed by atoms with Crippen LogP contribution in [0.25, 0.3) is 0 Å². The van der Waals surface area contributed by atoms with Crippen molar-refractivity contribution in [1.29, 1.82) is 0 Å². The van der Waals surface area contributed by atoms with Gasteiger partial charge in [0.1, 0.15) is 11.5 Å². The highest BCUT2D eigenvalue weighted by Crippen LogP contribution is 2.34. The fourth-order valence-electron chi connectivity index (χ4n) is 1.13. The highest BCUT2D eigenvalue weighted by molar-refractivity contribution is 9.10. The Morgan fingerprint density at radius 1 is 1.31 bits per heavy atom. The summed E-state index contributed by atoms with van der Waals surface area (Å²) in [7, 11) is 0. The molecule has 90 valence electrons. The van der Waals surface area contributed by atoms with E-state index in [1.807, 2.05) is 0 Å². The summed E-state index contributed by atoms with van der Waals surface area (Å²) < 4.78 is 39.6. The minimum absolute atomic E-state index is 0.0412. The van der Waals surface area contributed by atoms with Gasteiger partial charge in [-0.05, 0) is 34.5 Å². The molecule has 0 aliphatic heterocycles. The molecule has 1 aromatic rings. The Kier molecular flexibility index (Phi) is 4.03. The van der Waals surface area contributed by atoms with Crippen molar-refractivity contribution in [2.45, 2.75) is 12.8 Å². The van der Waals surface area contributed by atoms with E-state index in [-0.39, 0.29) is 28.8 Å². The van der Waals surface area contributed by atoms with Crippen LogP contribution < -0.4 is 4.74 Å². The molecule has 0 aliphatic rings. The number of rotatable bonds is 3. The number of hydrogen-bond donors (Lipinski definition) is 2. The number of benzene rings is 1. The Labute approximate surface area is 97.6 Å². The number of phenolic OH excluding ortho intramolecular Hbond substituents is 1. The molecule has 16 heavy (non-hydrogen) atoms. The van der Waals surface area contributed by atoms with E-state index in [1.54, 1.807) is 0 Å². The monoisotopic (exact) mass is 300 g/mol. The van der Waals surface area contributed by atoms with Crippen molar-refractivity contribution in [3.05, 3.63) is 22.2 Å². The summed E-state index contributed by atoms with van der Waals surface area (Å²) in [5, 5.41) is 18.1. The zero-order valence-electron chi connectivity index (χ0n) is 7.88. The molecule has 0 amide bonds. The molecule has 0 saturated heterocycles. The number of phenols is 1. The third-order valence-corrected chi connectivity index (χ3v) is 2.34. The molecule has 2 N–H and O–H groups in total. The van der Waals surface area contributed by atoms with Crippen LogP contribution in [0, 0.1) is 0 Å². The number of ether oxygens (including phenoxy) is 1. The van der Waals surface area contributed by atoms with Gasteiger partial charge in [-0.15, -0.1) is 13.2 Å². The van der Waals surface area contributed by atoms with Crippen molar-refractivity contribution in [2.75, 3.05) is 6.61 Å². The van der Waals surface area contributed by atoms with Crippen LogP contribution in [0.3, 0.4) is 0 Å². The summed E-state index contributed by atoms with van der Waals surface area (Å²) in [5.41, 5.74) is 0.177. The maximum Gasteiger partial charge on any atom is 0.573 e. The molecule has 0 spiro atoms. The fraction of sp³-hybridized carbons (Fsp3) is 0.333. The highest BCUT2D eigenvalue weighted by atomic mass is 79.9. The van der Waals surface area contributed by atoms with Gasteiger partial charge in [0.05, 0.1) is 4.47 Å². The maximum absolute atomic E-state index is 11.9. The fourth-order valence-corrected chi connectivity index (χ4v) is 1.61. The van der Waals surface area contributed by atoms with Gasteiger partial charge in [-0.2, -0.15) is 0 Å². The average molecular weight is 301 g/mol. The van der Waals surface area contributed by atoms with E-state index >= 15 is 0 Å². The van der Waals surface area contributed by atoms with Gasteiger partial charge >= 0.3 is 6.36 Å². The Morgan fingerprint density at radius 3 is 2.44 bits per heavy atom. The minimum Gasteiger partial charge on any atom is -0.506 e. The van der Waals surface area contributed by atoms with Crippen LogP contribution in [0.4, 0.5) is 13.2 Å². The molecule has 0 fully saturated rings. The largest absolute Gasteiger partial charge is 0.573 e. The first kappa shape index (κ1) is 13.1. The first-order valence-corrected chi connectivity index (χ1v) is 5.01. The number of alkyl halides is 3. The van der Waals surface area contributed by atoms with Crippen LogP contribution in [0.5, 0.6) is 11.5 Å². The van der Waals surface area contributed by atoms with Crippen molar-refractivity contribution in [3.63, 3.8) is 0 Å². The van der Waals surface area contributed by atoms with Crippen LogP contribution in [0.1, 0.15) is 5.56 Å². The third kappa shape index (κ3) is 3.57. The summed E-state index contributed by atoms with van der Waals surface area (Å²) in [5.74, 6) is -0.649. The second-order valence-electron chi connectivity index (χ2n) is 2.93. The predicted molar refractivity (Wildman–Crippen MR) is 53.3 cm³/mol. The average Bonchev–Trinajstić information content (AvgIpc) is 2.11. The minimum atomic E-state index is -4.78. The maximum atomic E-state index is 11.9. The first-order valence-electron chi connectivity index (χ1n) is 4.21. The molecule has 1 rings (SSSR count). The molecule has 3 nitrogen and oxygen atoms in total. The van der Waals surface area contributed by atoms with Crippen molar-refractivity contribution >= 4 is 15.9 Å². The SMILES string of the molecule is OCCc1cc(OC(F)(F)F)cc(Br)c1O. The molecule has 0 heterocycles. The molecule has 0 radical (unpaired) electrons. The molecule has 0 unspecified atom stereocenters. The molecule has 0 bridgehead atoms. The number of aromatic hydroxyl groups is 1. The third-order valence-electron chi connectivity index (χ3n) is 1.73. The zero-order chi connectivity index (χ0) is 12.3. The van der Waals surface area contributed by atoms with Gasteiger partial charge in [-0.1, -0.05) is 0 Å². The number of aliphatic hydroxyl groups is 1. The van der Waals surface area contributed by atoms with Gasteiger partial charge in [0.25, 0.3) is 0 Å². The van der Waals surface area contributed by atoms with Crippen LogP contribution in [-0.4, -0.2) is 23.2 Å². The topological polar surface area (TPSA) is 49.7 Å². The molecular weight excluding hydrogens is 293 g/mol. The van der Waals surface area contributed by atoms with Crippen LogP contribution in [-0.2, 0) is 6.42 Å². The number of aliphatic hydroxyl groups excluding tert-OH is 1. The van der Waals surface area contributed by atoms with Crippen molar-refractivity contribution in [2.24, 2.45) is 0 Å². The summed E-state index contributed by atoms with van der Waals surface area (Å²) in [6.45, 7) is -0.282. The summed E-state index contributed by atoms with van der Waals surface area (Å²) in [6, 6.07) is 2.04. The first-order chi connectivity index (χ1) is 7.33. The van der Waals surface area contributed by atoms with Gasteiger partial charge in [0.15, 0.2) is 0 Å². The number of halogens is 4. The molecule has 7 heteroatoms. The molecular formula is C9H8BrF3O3. The Hall–Kier alpha value is -0.950. The smallest absolute Gasteiger partial charge is 0.506 e. The van der Waals surface area contributed by atoms with Gasteiger partial charge < -0.3 is 14.9 Å². The van der Waals surface area contributed by atoms with E-state index in [0.717, 1.165) is 12.1 Å². The summed E-state index contributed by atoms with van der Waals surface area (Å²) in [6.07, 6.45) is -4.74. The van der Waals surface area contributed by atoms with Crippen LogP contribution in [0.2, 0.25) is 0 Å². The normalized spacial score (nSPS) is 11.6. The van der Waals surface area contributed by atoms with Gasteiger partial charge in [0, 0.05) is 12.2 Å². The van der Waals surface area contributed by atoms with E-state index in [2.05, 4.69) is 20.7 Å². The van der Waals surface area contributed by atoms with E-state index in [4.69, 9.17) is 5.11 Å². The highest BCUT2D eigenvalue weighted by Gasteiger charge is 2.31. The van der Waals surface area contributed by atoms with E-state index in [0.29, 0.717) is 0 Å². The second-order valence-corrected chi connectivity index (χ2v) is 3.79. The van der Waals surface area contributed by atoms with Gasteiger partial charge in [0.2, 0.25) is 0 Å². The standard InChI is InChI=1S/C9H8BrF3O3/c10-7-4-6(16-9(11,12)13)3-5(1-2-14)8(7)15/h3-4,14-15H,1-2H2. The lowest BCUT2D eigenvalue weighted by Gasteiger charge is -2.12. The summed E-state index contributed by atoms with van der Waals surface area (Å²) >= 11 is 2.90. The predicted octanol–water partition coefficient (Wildman–Crippen LogP) is 2.59. The molecule has 1 aromatic carbocycles. The molecule has 0 aliphatic carbocycles. The van der Waals surface area contributed by atoms with Crippen LogP contribution in [0.15, 0.2) is 16.6 Å². The quantitative estimate of drug-likeness (QED) is 0.902. The lowest BCUT2D eigenvalue weighted by atomic mass is 10.1. The van der Waals surface area contributed by atoms with E-state index in [1.165, 1.54) is 0 Å². The second kappa shape index (κ2) is 4.92. The molecule has 0 aromatic heterocycles. The number of hydrogen-bond acceptors (Lipinski definition) is 3. The van der Waals surface area contributed by atoms with E-state index < -0.39 is 12.1 Å². The van der Waals surface area contributed by atoms with Crippen LogP contribution >= 0.6 is 15.9 Å². The Morgan fingerprint density at radius 2 is 1.94 bits per heavy atom. The van der Waals surface area contributed by atoms with Crippen molar-refractivity contribution in [3.8, 4) is 11.5 Å². The Bertz CT molecular complexity index is 379. The molecule has 0 atom stereocenters. The zero-order valence-corrected chi connectivity index (χ0v) is 9.47. The van der Waals surface area contributed by atoms with Gasteiger partial charge in [-0.25, -0.2) is 0 Å². The molecule has 0 saturated carbocycles. The Balaban J connectivity index is 3.04. The van der Waals surface area contributed by atoms with Crippen molar-refractivity contribution < 1.29 is 28.1 Å². The van der Waals surface area contributed by atoms with Gasteiger partial charge in [-0.3, -0.25) is 0 Å². The summed E-state index contributed by atoms with van der Waals surface area (Å²) in [4.78, 5) is 0.